The van der Waals surface area contributed by atoms with Crippen LogP contribution in [0.1, 0.15) is 23.9 Å². The Morgan fingerprint density at radius 2 is 2.09 bits per heavy atom. The normalized spacial score (nSPS) is 14.2. The highest BCUT2D eigenvalue weighted by Gasteiger charge is 2.18. The lowest BCUT2D eigenvalue weighted by Gasteiger charge is -2.31. The largest absolute Gasteiger partial charge is 0.349 e. The van der Waals surface area contributed by atoms with Crippen molar-refractivity contribution < 1.29 is 0 Å². The molecule has 1 N–H and O–H groups in total. The fourth-order valence-corrected chi connectivity index (χ4v) is 2.85. The van der Waals surface area contributed by atoms with Crippen LogP contribution in [0.3, 0.4) is 0 Å². The molecule has 6 nitrogen and oxygen atoms in total. The third-order valence-electron chi connectivity index (χ3n) is 4.08. The van der Waals surface area contributed by atoms with Crippen LogP contribution < -0.4 is 5.32 Å². The Balaban J connectivity index is 0.00000192. The monoisotopic (exact) mass is 426 g/mol. The van der Waals surface area contributed by atoms with Crippen LogP contribution in [-0.4, -0.2) is 39.2 Å². The molecule has 23 heavy (non-hydrogen) atoms. The van der Waals surface area contributed by atoms with Crippen LogP contribution in [0.25, 0.3) is 0 Å². The van der Waals surface area contributed by atoms with Gasteiger partial charge in [0.25, 0.3) is 0 Å². The van der Waals surface area contributed by atoms with E-state index in [2.05, 4.69) is 56.6 Å². The van der Waals surface area contributed by atoms with Crippen molar-refractivity contribution in [2.45, 2.75) is 33.0 Å². The van der Waals surface area contributed by atoms with Gasteiger partial charge in [0, 0.05) is 26.7 Å². The number of aliphatic imine (C=N–C) groups is 1. The van der Waals surface area contributed by atoms with Gasteiger partial charge in [-0.3, -0.25) is 4.99 Å². The molecule has 0 fully saturated rings. The molecule has 1 aliphatic rings. The van der Waals surface area contributed by atoms with Crippen molar-refractivity contribution in [3.05, 3.63) is 47.5 Å². The summed E-state index contributed by atoms with van der Waals surface area (Å²) in [6.07, 6.45) is 2.82. The van der Waals surface area contributed by atoms with Gasteiger partial charge in [-0.1, -0.05) is 24.3 Å². The molecule has 0 bridgehead atoms. The highest BCUT2D eigenvalue weighted by atomic mass is 127. The summed E-state index contributed by atoms with van der Waals surface area (Å²) in [5.74, 6) is 1.85. The first-order chi connectivity index (χ1) is 10.8. The van der Waals surface area contributed by atoms with Crippen LogP contribution in [-0.2, 0) is 26.1 Å². The van der Waals surface area contributed by atoms with Crippen molar-refractivity contribution in [2.75, 3.05) is 13.6 Å². The van der Waals surface area contributed by atoms with E-state index in [4.69, 9.17) is 0 Å². The first-order valence-electron chi connectivity index (χ1n) is 7.71. The Hall–Kier alpha value is -1.64. The molecule has 7 heteroatoms. The summed E-state index contributed by atoms with van der Waals surface area (Å²) in [6, 6.07) is 8.62. The molecule has 0 radical (unpaired) electrons. The number of nitrogens with one attached hydrogen (secondary N) is 1. The summed E-state index contributed by atoms with van der Waals surface area (Å²) in [5.41, 5.74) is 2.83. The molecule has 0 aliphatic carbocycles. The molecule has 0 saturated carbocycles. The van der Waals surface area contributed by atoms with Crippen LogP contribution >= 0.6 is 24.0 Å². The molecule has 1 aliphatic heterocycles. The molecule has 1 aromatic carbocycles. The SMILES string of the molecule is CCn1cnnc1CNC(=NC)N1CCc2ccccc2C1.I. The molecule has 0 saturated heterocycles. The number of rotatable bonds is 3. The zero-order chi connectivity index (χ0) is 15.4. The van der Waals surface area contributed by atoms with Crippen molar-refractivity contribution in [3.63, 3.8) is 0 Å². The summed E-state index contributed by atoms with van der Waals surface area (Å²) in [6.45, 7) is 5.48. The zero-order valence-electron chi connectivity index (χ0n) is 13.6. The minimum absolute atomic E-state index is 0. The number of aromatic nitrogens is 3. The number of hydrogen-bond donors (Lipinski definition) is 1. The lowest BCUT2D eigenvalue weighted by Crippen LogP contribution is -2.44. The summed E-state index contributed by atoms with van der Waals surface area (Å²) in [7, 11) is 1.83. The summed E-state index contributed by atoms with van der Waals surface area (Å²) in [4.78, 5) is 6.70. The van der Waals surface area contributed by atoms with Crippen LogP contribution in [0, 0.1) is 0 Å². The van der Waals surface area contributed by atoms with Crippen molar-refractivity contribution in [1.82, 2.24) is 25.0 Å². The zero-order valence-corrected chi connectivity index (χ0v) is 15.9. The quantitative estimate of drug-likeness (QED) is 0.464. The Bertz CT molecular complexity index is 666. The van der Waals surface area contributed by atoms with E-state index in [0.29, 0.717) is 6.54 Å². The third-order valence-corrected chi connectivity index (χ3v) is 4.08. The van der Waals surface area contributed by atoms with Crippen molar-refractivity contribution >= 4 is 29.9 Å². The molecule has 0 spiro atoms. The average molecular weight is 426 g/mol. The number of halogens is 1. The molecular formula is C16H23IN6. The predicted octanol–water partition coefficient (Wildman–Crippen LogP) is 2.05. The van der Waals surface area contributed by atoms with E-state index in [0.717, 1.165) is 37.8 Å². The van der Waals surface area contributed by atoms with E-state index in [1.165, 1.54) is 11.1 Å². The number of guanidine groups is 1. The fraction of sp³-hybridized carbons (Fsp3) is 0.438. The summed E-state index contributed by atoms with van der Waals surface area (Å²) < 4.78 is 2.03. The van der Waals surface area contributed by atoms with E-state index in [-0.39, 0.29) is 24.0 Å². The molecule has 3 rings (SSSR count). The minimum Gasteiger partial charge on any atom is -0.349 e. The number of aryl methyl sites for hydroxylation is 1. The van der Waals surface area contributed by atoms with Gasteiger partial charge in [-0.15, -0.1) is 34.2 Å². The van der Waals surface area contributed by atoms with Crippen LogP contribution in [0.5, 0.6) is 0 Å². The van der Waals surface area contributed by atoms with E-state index >= 15 is 0 Å². The van der Waals surface area contributed by atoms with Gasteiger partial charge < -0.3 is 14.8 Å². The predicted molar refractivity (Wildman–Crippen MR) is 102 cm³/mol. The lowest BCUT2D eigenvalue weighted by atomic mass is 10.0. The second kappa shape index (κ2) is 8.28. The molecule has 1 aromatic heterocycles. The maximum atomic E-state index is 4.41. The minimum atomic E-state index is 0. The van der Waals surface area contributed by atoms with Crippen LogP contribution in [0.4, 0.5) is 0 Å². The van der Waals surface area contributed by atoms with E-state index in [1.807, 2.05) is 11.6 Å². The van der Waals surface area contributed by atoms with Gasteiger partial charge in [0.15, 0.2) is 11.8 Å². The first-order valence-corrected chi connectivity index (χ1v) is 7.71. The maximum absolute atomic E-state index is 4.41. The standard InChI is InChI=1S/C16H22N6.HI/c1-3-21-12-19-20-15(21)10-18-16(17-2)22-9-8-13-6-4-5-7-14(13)11-22;/h4-7,12H,3,8-11H2,1-2H3,(H,17,18);1H. The highest BCUT2D eigenvalue weighted by Crippen LogP contribution is 2.18. The first kappa shape index (κ1) is 17.7. The van der Waals surface area contributed by atoms with Crippen molar-refractivity contribution in [3.8, 4) is 0 Å². The fourth-order valence-electron chi connectivity index (χ4n) is 2.85. The molecule has 0 amide bonds. The summed E-state index contributed by atoms with van der Waals surface area (Å²) >= 11 is 0. The Kier molecular flexibility index (Phi) is 6.37. The van der Waals surface area contributed by atoms with Crippen molar-refractivity contribution in [1.29, 1.82) is 0 Å². The van der Waals surface area contributed by atoms with Gasteiger partial charge in [-0.05, 0) is 24.5 Å². The van der Waals surface area contributed by atoms with E-state index in [1.54, 1.807) is 6.33 Å². The highest BCUT2D eigenvalue weighted by molar-refractivity contribution is 14.0. The average Bonchev–Trinajstić information content (AvgIpc) is 3.03. The molecule has 2 heterocycles. The Morgan fingerprint density at radius 1 is 1.30 bits per heavy atom. The lowest BCUT2D eigenvalue weighted by molar-refractivity contribution is 0.377. The number of nitrogens with zero attached hydrogens (tertiary/aromatic N) is 5. The second-order valence-corrected chi connectivity index (χ2v) is 5.37. The topological polar surface area (TPSA) is 58.3 Å². The molecule has 2 aromatic rings. The maximum Gasteiger partial charge on any atom is 0.194 e. The molecule has 124 valence electrons. The van der Waals surface area contributed by atoms with Gasteiger partial charge in [-0.2, -0.15) is 0 Å². The number of fused-ring (bicyclic) bond motifs is 1. The number of hydrogen-bond acceptors (Lipinski definition) is 3. The van der Waals surface area contributed by atoms with Gasteiger partial charge in [-0.25, -0.2) is 0 Å². The van der Waals surface area contributed by atoms with Crippen LogP contribution in [0.15, 0.2) is 35.6 Å². The van der Waals surface area contributed by atoms with E-state index < -0.39 is 0 Å². The van der Waals surface area contributed by atoms with Gasteiger partial charge >= 0.3 is 0 Å². The second-order valence-electron chi connectivity index (χ2n) is 5.37. The summed E-state index contributed by atoms with van der Waals surface area (Å²) in [5, 5.41) is 11.5. The van der Waals surface area contributed by atoms with Gasteiger partial charge in [0.1, 0.15) is 6.33 Å². The van der Waals surface area contributed by atoms with Crippen LogP contribution in [0.2, 0.25) is 0 Å². The smallest absolute Gasteiger partial charge is 0.194 e. The molecule has 0 atom stereocenters. The Labute approximate surface area is 154 Å². The number of benzene rings is 1. The third kappa shape index (κ3) is 4.01. The van der Waals surface area contributed by atoms with Crippen molar-refractivity contribution in [2.24, 2.45) is 4.99 Å². The van der Waals surface area contributed by atoms with E-state index in [9.17, 15) is 0 Å². The van der Waals surface area contributed by atoms with Gasteiger partial charge in [0.05, 0.1) is 6.54 Å². The Morgan fingerprint density at radius 3 is 2.83 bits per heavy atom. The molecular weight excluding hydrogens is 403 g/mol. The van der Waals surface area contributed by atoms with Gasteiger partial charge in [0.2, 0.25) is 0 Å². The molecule has 0 unspecified atom stereocenters.